The molecule has 0 aliphatic carbocycles. The van der Waals surface area contributed by atoms with E-state index >= 15 is 0 Å². The van der Waals surface area contributed by atoms with Gasteiger partial charge in [0.2, 0.25) is 5.91 Å². The van der Waals surface area contributed by atoms with E-state index in [-0.39, 0.29) is 5.91 Å². The molecule has 0 radical (unpaired) electrons. The van der Waals surface area contributed by atoms with Crippen molar-refractivity contribution in [3.05, 3.63) is 59.2 Å². The van der Waals surface area contributed by atoms with Crippen LogP contribution in [-0.4, -0.2) is 47.9 Å². The first-order valence-electron chi connectivity index (χ1n) is 9.33. The lowest BCUT2D eigenvalue weighted by Gasteiger charge is -2.35. The maximum atomic E-state index is 11.7. The summed E-state index contributed by atoms with van der Waals surface area (Å²) in [6, 6.07) is 14.4. The summed E-state index contributed by atoms with van der Waals surface area (Å²) < 4.78 is 5.92. The number of amides is 1. The van der Waals surface area contributed by atoms with Gasteiger partial charge in [0.15, 0.2) is 0 Å². The number of aryl methyl sites for hydroxylation is 1. The second kappa shape index (κ2) is 7.66. The molecule has 1 saturated heterocycles. The second-order valence-electron chi connectivity index (χ2n) is 7.11. The summed E-state index contributed by atoms with van der Waals surface area (Å²) in [5.74, 6) is 0.777. The fourth-order valence-electron chi connectivity index (χ4n) is 3.70. The van der Waals surface area contributed by atoms with Gasteiger partial charge in [-0.25, -0.2) is 0 Å². The average Bonchev–Trinajstić information content (AvgIpc) is 3.11. The molecule has 6 heteroatoms. The van der Waals surface area contributed by atoms with Gasteiger partial charge in [-0.2, -0.15) is 4.37 Å². The zero-order valence-electron chi connectivity index (χ0n) is 15.5. The van der Waals surface area contributed by atoms with Gasteiger partial charge in [0, 0.05) is 43.7 Å². The fourth-order valence-corrected chi connectivity index (χ4v) is 4.50. The topological polar surface area (TPSA) is 62.5 Å². The van der Waals surface area contributed by atoms with Crippen molar-refractivity contribution in [3.8, 4) is 0 Å². The van der Waals surface area contributed by atoms with E-state index in [0.29, 0.717) is 5.56 Å². The normalized spacial score (nSPS) is 15.4. The minimum Gasteiger partial charge on any atom is -0.366 e. The first-order chi connectivity index (χ1) is 13.1. The molecule has 140 valence electrons. The number of carbonyl (C=O) groups excluding carboxylic acids is 1. The maximum absolute atomic E-state index is 11.7. The van der Waals surface area contributed by atoms with Crippen molar-refractivity contribution in [2.75, 3.05) is 37.6 Å². The van der Waals surface area contributed by atoms with Crippen molar-refractivity contribution in [2.45, 2.75) is 13.3 Å². The van der Waals surface area contributed by atoms with Crippen LogP contribution in [0.25, 0.3) is 10.1 Å². The van der Waals surface area contributed by atoms with Gasteiger partial charge in [0.1, 0.15) is 5.82 Å². The Balaban J connectivity index is 1.37. The zero-order valence-corrected chi connectivity index (χ0v) is 16.3. The molecule has 2 heterocycles. The lowest BCUT2D eigenvalue weighted by Crippen LogP contribution is -2.47. The van der Waals surface area contributed by atoms with Gasteiger partial charge in [-0.1, -0.05) is 29.8 Å². The summed E-state index contributed by atoms with van der Waals surface area (Å²) in [6.07, 6.45) is 0.845. The molecule has 1 fully saturated rings. The van der Waals surface area contributed by atoms with Crippen LogP contribution in [0.5, 0.6) is 0 Å². The third-order valence-electron chi connectivity index (χ3n) is 5.26. The molecule has 5 nitrogen and oxygen atoms in total. The van der Waals surface area contributed by atoms with Crippen molar-refractivity contribution in [1.29, 1.82) is 0 Å². The number of nitrogens with two attached hydrogens (primary N) is 1. The van der Waals surface area contributed by atoms with Crippen LogP contribution in [0, 0.1) is 6.92 Å². The van der Waals surface area contributed by atoms with Crippen molar-refractivity contribution < 1.29 is 4.79 Å². The molecule has 27 heavy (non-hydrogen) atoms. The molecular formula is C21H24N4OS. The minimum atomic E-state index is -0.339. The van der Waals surface area contributed by atoms with E-state index in [4.69, 9.17) is 5.73 Å². The van der Waals surface area contributed by atoms with Crippen LogP contribution >= 0.6 is 11.5 Å². The number of rotatable bonds is 5. The monoisotopic (exact) mass is 380 g/mol. The van der Waals surface area contributed by atoms with E-state index in [2.05, 4.69) is 38.4 Å². The second-order valence-corrected chi connectivity index (χ2v) is 7.91. The van der Waals surface area contributed by atoms with E-state index in [9.17, 15) is 4.79 Å². The van der Waals surface area contributed by atoms with E-state index in [1.54, 1.807) is 11.5 Å². The fraction of sp³-hybridized carbons (Fsp3) is 0.333. The number of hydrogen-bond acceptors (Lipinski definition) is 5. The van der Waals surface area contributed by atoms with Crippen LogP contribution in [0.2, 0.25) is 0 Å². The third kappa shape index (κ3) is 3.82. The van der Waals surface area contributed by atoms with E-state index in [1.807, 2.05) is 25.1 Å². The lowest BCUT2D eigenvalue weighted by atomic mass is 10.0. The minimum absolute atomic E-state index is 0.339. The van der Waals surface area contributed by atoms with Gasteiger partial charge in [0.05, 0.1) is 4.70 Å². The quantitative estimate of drug-likeness (QED) is 0.739. The summed E-state index contributed by atoms with van der Waals surface area (Å²) in [5, 5.41) is 1.25. The molecule has 0 unspecified atom stereocenters. The molecule has 0 spiro atoms. The first kappa shape index (κ1) is 17.9. The molecule has 1 aliphatic rings. The molecule has 2 N–H and O–H groups in total. The van der Waals surface area contributed by atoms with Gasteiger partial charge >= 0.3 is 0 Å². The van der Waals surface area contributed by atoms with Gasteiger partial charge < -0.3 is 10.6 Å². The number of benzene rings is 2. The molecule has 4 rings (SSSR count). The van der Waals surface area contributed by atoms with Crippen LogP contribution in [0.4, 0.5) is 5.82 Å². The summed E-state index contributed by atoms with van der Waals surface area (Å²) in [6.45, 7) is 6.88. The third-order valence-corrected chi connectivity index (χ3v) is 6.08. The van der Waals surface area contributed by atoms with Crippen LogP contribution in [-0.2, 0) is 6.42 Å². The smallest absolute Gasteiger partial charge is 0.248 e. The van der Waals surface area contributed by atoms with E-state index in [1.165, 1.54) is 10.1 Å². The molecule has 1 amide bonds. The highest BCUT2D eigenvalue weighted by Crippen LogP contribution is 2.29. The number of fused-ring (bicyclic) bond motifs is 1. The Hall–Kier alpha value is -2.44. The number of carbonyl (C=O) groups is 1. The molecule has 0 saturated carbocycles. The van der Waals surface area contributed by atoms with Gasteiger partial charge in [-0.3, -0.25) is 9.69 Å². The molecule has 3 aromatic rings. The van der Waals surface area contributed by atoms with Crippen LogP contribution < -0.4 is 10.6 Å². The van der Waals surface area contributed by atoms with Crippen molar-refractivity contribution >= 4 is 33.3 Å². The molecule has 1 aromatic heterocycles. The lowest BCUT2D eigenvalue weighted by molar-refractivity contribution is 0.0999. The molecule has 2 aromatic carbocycles. The first-order valence-corrected chi connectivity index (χ1v) is 10.1. The van der Waals surface area contributed by atoms with E-state index < -0.39 is 0 Å². The predicted octanol–water partition coefficient (Wildman–Crippen LogP) is 3.07. The highest BCUT2D eigenvalue weighted by Gasteiger charge is 2.21. The Labute approximate surface area is 163 Å². The standard InChI is InChI=1S/C21H24N4OS/c1-15-6-7-16(18(14-15)20(22)26)8-9-24-10-12-25(13-11-24)21-17-4-2-3-5-19(17)27-23-21/h2-7,14H,8-13H2,1H3,(H2,22,26). The van der Waals surface area contributed by atoms with Crippen molar-refractivity contribution in [1.82, 2.24) is 9.27 Å². The molecule has 0 atom stereocenters. The highest BCUT2D eigenvalue weighted by atomic mass is 32.1. The van der Waals surface area contributed by atoms with Crippen molar-refractivity contribution in [3.63, 3.8) is 0 Å². The van der Waals surface area contributed by atoms with Gasteiger partial charge in [-0.05, 0) is 48.6 Å². The zero-order chi connectivity index (χ0) is 18.8. The Morgan fingerprint density at radius 1 is 1.15 bits per heavy atom. The van der Waals surface area contributed by atoms with Gasteiger partial charge in [-0.15, -0.1) is 0 Å². The highest BCUT2D eigenvalue weighted by molar-refractivity contribution is 7.13. The number of aromatic nitrogens is 1. The van der Waals surface area contributed by atoms with Crippen LogP contribution in [0.3, 0.4) is 0 Å². The number of piperazine rings is 1. The summed E-state index contributed by atoms with van der Waals surface area (Å²) in [4.78, 5) is 16.5. The predicted molar refractivity (Wildman–Crippen MR) is 112 cm³/mol. The summed E-state index contributed by atoms with van der Waals surface area (Å²) >= 11 is 1.57. The summed E-state index contributed by atoms with van der Waals surface area (Å²) in [7, 11) is 0. The van der Waals surface area contributed by atoms with E-state index in [0.717, 1.165) is 56.1 Å². The molecule has 1 aliphatic heterocycles. The average molecular weight is 381 g/mol. The Morgan fingerprint density at radius 3 is 2.70 bits per heavy atom. The summed E-state index contributed by atoms with van der Waals surface area (Å²) in [5.41, 5.74) is 8.31. The largest absolute Gasteiger partial charge is 0.366 e. The van der Waals surface area contributed by atoms with Gasteiger partial charge in [0.25, 0.3) is 0 Å². The number of primary amides is 1. The number of anilines is 1. The SMILES string of the molecule is Cc1ccc(CCN2CCN(c3nsc4ccccc34)CC2)c(C(N)=O)c1. The van der Waals surface area contributed by atoms with Crippen LogP contribution in [0.15, 0.2) is 42.5 Å². The van der Waals surface area contributed by atoms with Crippen molar-refractivity contribution in [2.24, 2.45) is 5.73 Å². The number of nitrogens with zero attached hydrogens (tertiary/aromatic N) is 3. The number of hydrogen-bond donors (Lipinski definition) is 1. The Kier molecular flexibility index (Phi) is 5.09. The maximum Gasteiger partial charge on any atom is 0.248 e. The van der Waals surface area contributed by atoms with Crippen LogP contribution in [0.1, 0.15) is 21.5 Å². The molecule has 0 bridgehead atoms. The Morgan fingerprint density at radius 2 is 1.93 bits per heavy atom. The molecular weight excluding hydrogens is 356 g/mol. The Bertz CT molecular complexity index is 960.